The number of halogens is 1. The fraction of sp³-hybridized carbons (Fsp3) is 0.200. The summed E-state index contributed by atoms with van der Waals surface area (Å²) in [6.07, 6.45) is 0. The Labute approximate surface area is 88.4 Å². The second-order valence-electron chi connectivity index (χ2n) is 2.71. The standard InChI is InChI=1S/C10H10FNO2S/c1-2-3-8-12-15(13,14)10-6-4-9(11)5-7-10/h4-7,12H,8H2,1H3. The van der Waals surface area contributed by atoms with Gasteiger partial charge in [0.1, 0.15) is 5.82 Å². The molecule has 0 saturated heterocycles. The Bertz CT molecular complexity index is 482. The van der Waals surface area contributed by atoms with Crippen LogP contribution in [0.25, 0.3) is 0 Å². The van der Waals surface area contributed by atoms with Crippen molar-refractivity contribution in [1.82, 2.24) is 4.72 Å². The van der Waals surface area contributed by atoms with Crippen LogP contribution in [0.5, 0.6) is 0 Å². The van der Waals surface area contributed by atoms with Crippen molar-refractivity contribution in [3.63, 3.8) is 0 Å². The van der Waals surface area contributed by atoms with Crippen LogP contribution >= 0.6 is 0 Å². The molecule has 0 heterocycles. The summed E-state index contributed by atoms with van der Waals surface area (Å²) in [4.78, 5) is 0.0294. The molecule has 0 bridgehead atoms. The Hall–Kier alpha value is -1.38. The van der Waals surface area contributed by atoms with Crippen molar-refractivity contribution in [1.29, 1.82) is 0 Å². The second kappa shape index (κ2) is 4.91. The minimum atomic E-state index is -3.57. The van der Waals surface area contributed by atoms with E-state index in [1.165, 1.54) is 12.1 Å². The first-order valence-electron chi connectivity index (χ1n) is 4.21. The van der Waals surface area contributed by atoms with Gasteiger partial charge in [-0.25, -0.2) is 12.8 Å². The Morgan fingerprint density at radius 3 is 2.47 bits per heavy atom. The van der Waals surface area contributed by atoms with Gasteiger partial charge in [0, 0.05) is 0 Å². The Kier molecular flexibility index (Phi) is 3.83. The lowest BCUT2D eigenvalue weighted by atomic mass is 10.4. The largest absolute Gasteiger partial charge is 0.241 e. The summed E-state index contributed by atoms with van der Waals surface area (Å²) in [7, 11) is -3.57. The van der Waals surface area contributed by atoms with Gasteiger partial charge in [0.05, 0.1) is 11.4 Å². The summed E-state index contributed by atoms with van der Waals surface area (Å²) in [5, 5.41) is 0. The molecule has 1 aromatic carbocycles. The predicted octanol–water partition coefficient (Wildman–Crippen LogP) is 1.13. The second-order valence-corrected chi connectivity index (χ2v) is 4.47. The van der Waals surface area contributed by atoms with E-state index in [1.807, 2.05) is 0 Å². The van der Waals surface area contributed by atoms with E-state index >= 15 is 0 Å². The summed E-state index contributed by atoms with van der Waals surface area (Å²) in [6, 6.07) is 4.61. The highest BCUT2D eigenvalue weighted by Crippen LogP contribution is 2.08. The van der Waals surface area contributed by atoms with Crippen molar-refractivity contribution >= 4 is 10.0 Å². The molecule has 0 aliphatic heterocycles. The van der Waals surface area contributed by atoms with E-state index < -0.39 is 15.8 Å². The summed E-state index contributed by atoms with van der Waals surface area (Å²) >= 11 is 0. The van der Waals surface area contributed by atoms with Crippen molar-refractivity contribution in [3.8, 4) is 11.8 Å². The first kappa shape index (κ1) is 11.7. The third-order valence-electron chi connectivity index (χ3n) is 1.65. The number of benzene rings is 1. The van der Waals surface area contributed by atoms with E-state index in [2.05, 4.69) is 16.6 Å². The molecule has 0 amide bonds. The van der Waals surface area contributed by atoms with Crippen LogP contribution in [0.1, 0.15) is 6.92 Å². The van der Waals surface area contributed by atoms with Crippen LogP contribution in [0.4, 0.5) is 4.39 Å². The molecule has 0 spiro atoms. The van der Waals surface area contributed by atoms with Crippen LogP contribution in [0.15, 0.2) is 29.2 Å². The first-order chi connectivity index (χ1) is 7.06. The lowest BCUT2D eigenvalue weighted by molar-refractivity contribution is 0.585. The van der Waals surface area contributed by atoms with E-state index in [9.17, 15) is 12.8 Å². The molecule has 5 heteroatoms. The van der Waals surface area contributed by atoms with Gasteiger partial charge in [0.15, 0.2) is 0 Å². The third kappa shape index (κ3) is 3.35. The molecule has 0 atom stereocenters. The topological polar surface area (TPSA) is 46.2 Å². The van der Waals surface area contributed by atoms with Gasteiger partial charge in [0.25, 0.3) is 0 Å². The lowest BCUT2D eigenvalue weighted by Crippen LogP contribution is -2.23. The van der Waals surface area contributed by atoms with Gasteiger partial charge in [-0.2, -0.15) is 4.72 Å². The smallest absolute Gasteiger partial charge is 0.207 e. The normalized spacial score (nSPS) is 10.5. The van der Waals surface area contributed by atoms with Crippen LogP contribution in [0.3, 0.4) is 0 Å². The zero-order valence-corrected chi connectivity index (χ0v) is 8.94. The number of rotatable bonds is 3. The molecule has 1 N–H and O–H groups in total. The number of nitrogens with one attached hydrogen (secondary N) is 1. The quantitative estimate of drug-likeness (QED) is 0.787. The Morgan fingerprint density at radius 1 is 1.33 bits per heavy atom. The highest BCUT2D eigenvalue weighted by molar-refractivity contribution is 7.89. The summed E-state index contributed by atoms with van der Waals surface area (Å²) in [5.41, 5.74) is 0. The van der Waals surface area contributed by atoms with E-state index in [1.54, 1.807) is 6.92 Å². The summed E-state index contributed by atoms with van der Waals surface area (Å²) in [6.45, 7) is 1.67. The van der Waals surface area contributed by atoms with Gasteiger partial charge in [-0.1, -0.05) is 5.92 Å². The van der Waals surface area contributed by atoms with E-state index in [-0.39, 0.29) is 11.4 Å². The fourth-order valence-electron chi connectivity index (χ4n) is 0.917. The molecule has 0 aliphatic rings. The van der Waals surface area contributed by atoms with Gasteiger partial charge in [-0.3, -0.25) is 0 Å². The zero-order chi connectivity index (χ0) is 11.3. The minimum Gasteiger partial charge on any atom is -0.207 e. The molecule has 0 aliphatic carbocycles. The van der Waals surface area contributed by atoms with Gasteiger partial charge < -0.3 is 0 Å². The highest BCUT2D eigenvalue weighted by atomic mass is 32.2. The van der Waals surface area contributed by atoms with Crippen LogP contribution in [-0.2, 0) is 10.0 Å². The Morgan fingerprint density at radius 2 is 1.93 bits per heavy atom. The van der Waals surface area contributed by atoms with Crippen molar-refractivity contribution < 1.29 is 12.8 Å². The zero-order valence-electron chi connectivity index (χ0n) is 8.12. The molecule has 0 radical (unpaired) electrons. The number of hydrogen-bond acceptors (Lipinski definition) is 2. The van der Waals surface area contributed by atoms with Crippen LogP contribution in [0.2, 0.25) is 0 Å². The number of sulfonamides is 1. The molecule has 0 aromatic heterocycles. The molecular weight excluding hydrogens is 217 g/mol. The maximum absolute atomic E-state index is 12.5. The molecule has 0 saturated carbocycles. The molecule has 0 unspecified atom stereocenters. The average Bonchev–Trinajstić information content (AvgIpc) is 2.18. The molecular formula is C10H10FNO2S. The maximum atomic E-state index is 12.5. The Balaban J connectivity index is 2.85. The molecule has 1 aromatic rings. The van der Waals surface area contributed by atoms with Gasteiger partial charge >= 0.3 is 0 Å². The van der Waals surface area contributed by atoms with Crippen molar-refractivity contribution in [2.45, 2.75) is 11.8 Å². The third-order valence-corrected chi connectivity index (χ3v) is 3.07. The summed E-state index contributed by atoms with van der Waals surface area (Å²) in [5.74, 6) is 4.66. The first-order valence-corrected chi connectivity index (χ1v) is 5.69. The molecule has 1 rings (SSSR count). The lowest BCUT2D eigenvalue weighted by Gasteiger charge is -2.02. The molecule has 80 valence electrons. The van der Waals surface area contributed by atoms with Crippen molar-refractivity contribution in [2.75, 3.05) is 6.54 Å². The highest BCUT2D eigenvalue weighted by Gasteiger charge is 2.11. The van der Waals surface area contributed by atoms with Gasteiger partial charge in [-0.15, -0.1) is 5.92 Å². The predicted molar refractivity (Wildman–Crippen MR) is 55.0 cm³/mol. The van der Waals surface area contributed by atoms with Gasteiger partial charge in [-0.05, 0) is 31.2 Å². The maximum Gasteiger partial charge on any atom is 0.241 e. The molecule has 3 nitrogen and oxygen atoms in total. The van der Waals surface area contributed by atoms with Crippen LogP contribution in [-0.4, -0.2) is 15.0 Å². The average molecular weight is 227 g/mol. The number of hydrogen-bond donors (Lipinski definition) is 1. The molecule has 0 fully saturated rings. The monoisotopic (exact) mass is 227 g/mol. The SMILES string of the molecule is CC#CCNS(=O)(=O)c1ccc(F)cc1. The van der Waals surface area contributed by atoms with Crippen LogP contribution in [0, 0.1) is 17.7 Å². The van der Waals surface area contributed by atoms with E-state index in [4.69, 9.17) is 0 Å². The van der Waals surface area contributed by atoms with Gasteiger partial charge in [0.2, 0.25) is 10.0 Å². The van der Waals surface area contributed by atoms with Crippen LogP contribution < -0.4 is 4.72 Å². The van der Waals surface area contributed by atoms with Crippen molar-refractivity contribution in [2.24, 2.45) is 0 Å². The van der Waals surface area contributed by atoms with Crippen molar-refractivity contribution in [3.05, 3.63) is 30.1 Å². The molecule has 15 heavy (non-hydrogen) atoms. The minimum absolute atomic E-state index is 0.0294. The van der Waals surface area contributed by atoms with E-state index in [0.717, 1.165) is 12.1 Å². The summed E-state index contributed by atoms with van der Waals surface area (Å²) < 4.78 is 37.8. The van der Waals surface area contributed by atoms with E-state index in [0.29, 0.717) is 0 Å². The fourth-order valence-corrected chi connectivity index (χ4v) is 1.84.